The van der Waals surface area contributed by atoms with Crippen molar-refractivity contribution in [2.75, 3.05) is 13.7 Å². The van der Waals surface area contributed by atoms with Gasteiger partial charge in [-0.1, -0.05) is 48.5 Å². The van der Waals surface area contributed by atoms with Crippen LogP contribution in [0.5, 0.6) is 0 Å². The monoisotopic (exact) mass is 425 g/mol. The van der Waals surface area contributed by atoms with Crippen molar-refractivity contribution in [3.63, 3.8) is 0 Å². The van der Waals surface area contributed by atoms with Gasteiger partial charge in [-0.25, -0.2) is 9.59 Å². The van der Waals surface area contributed by atoms with E-state index in [2.05, 4.69) is 0 Å². The Morgan fingerprint density at radius 3 is 2.00 bits per heavy atom. The molecule has 0 saturated heterocycles. The number of fused-ring (bicyclic) bond motifs is 3. The molecule has 7 heteroatoms. The van der Waals surface area contributed by atoms with Crippen molar-refractivity contribution in [1.29, 1.82) is 0 Å². The Labute approximate surface area is 181 Å². The molecule has 31 heavy (non-hydrogen) atoms. The molecule has 0 fully saturated rings. The fourth-order valence-electron chi connectivity index (χ4n) is 3.74. The van der Waals surface area contributed by atoms with Crippen molar-refractivity contribution in [1.82, 2.24) is 4.90 Å². The number of benzene rings is 2. The molecule has 0 spiro atoms. The average molecular weight is 425 g/mol. The summed E-state index contributed by atoms with van der Waals surface area (Å²) in [4.78, 5) is 37.5. The lowest BCUT2D eigenvalue weighted by molar-refractivity contribution is -0.163. The van der Waals surface area contributed by atoms with E-state index in [1.807, 2.05) is 48.5 Å². The fraction of sp³-hybridized carbons (Fsp3) is 0.375. The molecule has 0 radical (unpaired) electrons. The standard InChI is InChI=1S/C24H27NO6/c1-24(2,3)31-22(28)20(13-21(26)27)25(4)23(29)30-14-19-17-11-7-5-9-15(17)16-10-6-8-12-18(16)19/h5-12,19-20H,13-14H2,1-4H3,(H,26,27)/t20-/m1/s1. The van der Waals surface area contributed by atoms with Gasteiger partial charge in [-0.2, -0.15) is 0 Å². The van der Waals surface area contributed by atoms with Crippen LogP contribution in [0.25, 0.3) is 11.1 Å². The molecule has 0 unspecified atom stereocenters. The van der Waals surface area contributed by atoms with Gasteiger partial charge in [-0.3, -0.25) is 9.69 Å². The highest BCUT2D eigenvalue weighted by molar-refractivity contribution is 5.86. The Morgan fingerprint density at radius 1 is 1.00 bits per heavy atom. The summed E-state index contributed by atoms with van der Waals surface area (Å²) in [5.74, 6) is -2.13. The Kier molecular flexibility index (Phi) is 6.34. The highest BCUT2D eigenvalue weighted by Crippen LogP contribution is 2.44. The number of rotatable bonds is 6. The number of nitrogens with zero attached hydrogens (tertiary/aromatic N) is 1. The van der Waals surface area contributed by atoms with E-state index in [9.17, 15) is 19.5 Å². The van der Waals surface area contributed by atoms with Crippen molar-refractivity contribution in [2.24, 2.45) is 0 Å². The zero-order valence-electron chi connectivity index (χ0n) is 18.1. The van der Waals surface area contributed by atoms with E-state index in [4.69, 9.17) is 9.47 Å². The Balaban J connectivity index is 1.74. The number of carboxylic acid groups (broad SMARTS) is 1. The number of carbonyl (C=O) groups excluding carboxylic acids is 2. The molecular formula is C24H27NO6. The lowest BCUT2D eigenvalue weighted by atomic mass is 9.98. The molecule has 1 N–H and O–H groups in total. The summed E-state index contributed by atoms with van der Waals surface area (Å²) in [6, 6.07) is 14.6. The second kappa shape index (κ2) is 8.79. The van der Waals surface area contributed by atoms with Gasteiger partial charge in [-0.15, -0.1) is 0 Å². The zero-order chi connectivity index (χ0) is 22.8. The predicted octanol–water partition coefficient (Wildman–Crippen LogP) is 4.05. The third-order valence-corrected chi connectivity index (χ3v) is 5.14. The Hall–Kier alpha value is -3.35. The maximum absolute atomic E-state index is 12.7. The van der Waals surface area contributed by atoms with Crippen LogP contribution >= 0.6 is 0 Å². The second-order valence-corrected chi connectivity index (χ2v) is 8.56. The smallest absolute Gasteiger partial charge is 0.410 e. The molecule has 1 amide bonds. The first-order valence-electron chi connectivity index (χ1n) is 10.1. The summed E-state index contributed by atoms with van der Waals surface area (Å²) in [6.45, 7) is 5.10. The number of carbonyl (C=O) groups is 3. The van der Waals surface area contributed by atoms with E-state index in [1.54, 1.807) is 20.8 Å². The van der Waals surface area contributed by atoms with Gasteiger partial charge >= 0.3 is 18.0 Å². The van der Waals surface area contributed by atoms with Gasteiger partial charge in [-0.05, 0) is 43.0 Å². The van der Waals surface area contributed by atoms with Crippen molar-refractivity contribution in [3.8, 4) is 11.1 Å². The van der Waals surface area contributed by atoms with Crippen molar-refractivity contribution in [3.05, 3.63) is 59.7 Å². The molecule has 0 aliphatic heterocycles. The molecule has 1 atom stereocenters. The van der Waals surface area contributed by atoms with Crippen LogP contribution in [0.15, 0.2) is 48.5 Å². The van der Waals surface area contributed by atoms with Gasteiger partial charge in [0.2, 0.25) is 0 Å². The average Bonchev–Trinajstić information content (AvgIpc) is 3.02. The van der Waals surface area contributed by atoms with Crippen molar-refractivity contribution < 1.29 is 29.0 Å². The highest BCUT2D eigenvalue weighted by atomic mass is 16.6. The van der Waals surface area contributed by atoms with Crippen LogP contribution in [0.3, 0.4) is 0 Å². The molecule has 164 valence electrons. The van der Waals surface area contributed by atoms with Crippen LogP contribution < -0.4 is 0 Å². The number of ether oxygens (including phenoxy) is 2. The summed E-state index contributed by atoms with van der Waals surface area (Å²) >= 11 is 0. The molecule has 7 nitrogen and oxygen atoms in total. The molecule has 0 saturated carbocycles. The maximum Gasteiger partial charge on any atom is 0.410 e. The number of aliphatic carboxylic acids is 1. The summed E-state index contributed by atoms with van der Waals surface area (Å²) in [5, 5.41) is 9.20. The van der Waals surface area contributed by atoms with Crippen LogP contribution in [-0.4, -0.2) is 53.3 Å². The van der Waals surface area contributed by atoms with E-state index < -0.39 is 36.1 Å². The minimum atomic E-state index is -1.28. The first-order valence-corrected chi connectivity index (χ1v) is 10.1. The SMILES string of the molecule is CN(C(=O)OCC1c2ccccc2-c2ccccc21)[C@H](CC(=O)O)C(=O)OC(C)(C)C. The number of likely N-dealkylation sites (N-methyl/N-ethyl adjacent to an activating group) is 1. The minimum Gasteiger partial charge on any atom is -0.481 e. The van der Waals surface area contributed by atoms with Gasteiger partial charge < -0.3 is 14.6 Å². The third kappa shape index (κ3) is 5.05. The quantitative estimate of drug-likeness (QED) is 0.702. The fourth-order valence-corrected chi connectivity index (χ4v) is 3.74. The number of esters is 1. The molecule has 1 aliphatic rings. The van der Waals surface area contributed by atoms with Crippen molar-refractivity contribution in [2.45, 2.75) is 44.8 Å². The van der Waals surface area contributed by atoms with Gasteiger partial charge in [0, 0.05) is 13.0 Å². The largest absolute Gasteiger partial charge is 0.481 e. The number of amides is 1. The van der Waals surface area contributed by atoms with Crippen molar-refractivity contribution >= 4 is 18.0 Å². The van der Waals surface area contributed by atoms with Gasteiger partial charge in [0.1, 0.15) is 18.2 Å². The van der Waals surface area contributed by atoms with Gasteiger partial charge in [0.15, 0.2) is 0 Å². The molecule has 2 aromatic rings. The highest BCUT2D eigenvalue weighted by Gasteiger charge is 2.35. The molecule has 0 heterocycles. The summed E-state index contributed by atoms with van der Waals surface area (Å²) in [5.41, 5.74) is 3.52. The Bertz CT molecular complexity index is 948. The molecule has 3 rings (SSSR count). The lowest BCUT2D eigenvalue weighted by Gasteiger charge is -2.29. The molecule has 0 bridgehead atoms. The predicted molar refractivity (Wildman–Crippen MR) is 115 cm³/mol. The minimum absolute atomic E-state index is 0.0747. The third-order valence-electron chi connectivity index (χ3n) is 5.14. The molecule has 0 aromatic heterocycles. The summed E-state index contributed by atoms with van der Waals surface area (Å²) < 4.78 is 10.8. The first kappa shape index (κ1) is 22.3. The first-order chi connectivity index (χ1) is 14.6. The number of hydrogen-bond acceptors (Lipinski definition) is 5. The van der Waals surface area contributed by atoms with Crippen LogP contribution in [-0.2, 0) is 19.1 Å². The van der Waals surface area contributed by atoms with Crippen LogP contribution in [0.2, 0.25) is 0 Å². The zero-order valence-corrected chi connectivity index (χ0v) is 18.1. The topological polar surface area (TPSA) is 93.1 Å². The van der Waals surface area contributed by atoms with Crippen LogP contribution in [0.1, 0.15) is 44.2 Å². The Morgan fingerprint density at radius 2 is 1.52 bits per heavy atom. The summed E-state index contributed by atoms with van der Waals surface area (Å²) in [7, 11) is 1.34. The number of carboxylic acids is 1. The van der Waals surface area contributed by atoms with Gasteiger partial charge in [0.25, 0.3) is 0 Å². The second-order valence-electron chi connectivity index (χ2n) is 8.56. The molecule has 2 aromatic carbocycles. The normalized spacial score (nSPS) is 13.7. The lowest BCUT2D eigenvalue weighted by Crippen LogP contribution is -2.46. The van der Waals surface area contributed by atoms with Crippen LogP contribution in [0, 0.1) is 0 Å². The van der Waals surface area contributed by atoms with E-state index in [0.29, 0.717) is 0 Å². The number of hydrogen-bond donors (Lipinski definition) is 1. The van der Waals surface area contributed by atoms with E-state index in [1.165, 1.54) is 7.05 Å². The van der Waals surface area contributed by atoms with Gasteiger partial charge in [0.05, 0.1) is 6.42 Å². The maximum atomic E-state index is 12.7. The van der Waals surface area contributed by atoms with E-state index in [0.717, 1.165) is 27.2 Å². The van der Waals surface area contributed by atoms with Crippen LogP contribution in [0.4, 0.5) is 4.79 Å². The van der Waals surface area contributed by atoms with E-state index >= 15 is 0 Å². The molecular weight excluding hydrogens is 398 g/mol. The van der Waals surface area contributed by atoms with E-state index in [-0.39, 0.29) is 12.5 Å². The summed E-state index contributed by atoms with van der Waals surface area (Å²) in [6.07, 6.45) is -1.35. The molecule has 1 aliphatic carbocycles.